The number of benzene rings is 1. The summed E-state index contributed by atoms with van der Waals surface area (Å²) in [6, 6.07) is 12.2. The highest BCUT2D eigenvalue weighted by Gasteiger charge is 2.93. The Kier molecular flexibility index (Phi) is 3.42. The van der Waals surface area contributed by atoms with Gasteiger partial charge in [-0.25, -0.2) is 4.99 Å². The number of aliphatic imine (C=N–C) groups is 1. The first-order valence-corrected chi connectivity index (χ1v) is 8.18. The van der Waals surface area contributed by atoms with Crippen LogP contribution in [0.5, 0.6) is 0 Å². The molecule has 1 aliphatic heterocycles. The van der Waals surface area contributed by atoms with E-state index in [1.54, 1.807) is 11.8 Å². The predicted molar refractivity (Wildman–Crippen MR) is 85.4 cm³/mol. The molecule has 1 aromatic rings. The average molecular weight is 328 g/mol. The van der Waals surface area contributed by atoms with Crippen molar-refractivity contribution in [3.8, 4) is 12.1 Å². The monoisotopic (exact) mass is 328 g/mol. The standard InChI is InChI=1S/C16H16N4O2S/c1-21-16(22-2)15(9-18)12(14(15,8-17)13(19)20-16)10-4-6-11(23-3)7-5-10/h4-7,12H,1-3H3,(H2,19,20). The van der Waals surface area contributed by atoms with Gasteiger partial charge in [-0.05, 0) is 24.0 Å². The van der Waals surface area contributed by atoms with Crippen LogP contribution < -0.4 is 5.73 Å². The van der Waals surface area contributed by atoms with E-state index in [9.17, 15) is 10.5 Å². The molecule has 6 nitrogen and oxygen atoms in total. The van der Waals surface area contributed by atoms with Crippen LogP contribution in [0.15, 0.2) is 34.2 Å². The summed E-state index contributed by atoms with van der Waals surface area (Å²) in [6.07, 6.45) is 1.99. The molecule has 1 fully saturated rings. The first kappa shape index (κ1) is 15.8. The van der Waals surface area contributed by atoms with E-state index < -0.39 is 22.7 Å². The third-order valence-corrected chi connectivity index (χ3v) is 5.67. The quantitative estimate of drug-likeness (QED) is 0.668. The summed E-state index contributed by atoms with van der Waals surface area (Å²) < 4.78 is 10.8. The molecule has 1 saturated carbocycles. The smallest absolute Gasteiger partial charge is 0.292 e. The second kappa shape index (κ2) is 4.97. The van der Waals surface area contributed by atoms with Gasteiger partial charge in [0.15, 0.2) is 5.41 Å². The molecule has 0 saturated heterocycles. The molecule has 2 N–H and O–H groups in total. The van der Waals surface area contributed by atoms with E-state index >= 15 is 0 Å². The van der Waals surface area contributed by atoms with Gasteiger partial charge in [0.25, 0.3) is 5.91 Å². The normalized spacial score (nSPS) is 33.3. The highest BCUT2D eigenvalue weighted by molar-refractivity contribution is 7.98. The maximum Gasteiger partial charge on any atom is 0.292 e. The number of ether oxygens (including phenoxy) is 2. The summed E-state index contributed by atoms with van der Waals surface area (Å²) in [5.41, 5.74) is 4.38. The maximum absolute atomic E-state index is 9.92. The van der Waals surface area contributed by atoms with Crippen molar-refractivity contribution in [1.82, 2.24) is 0 Å². The molecule has 23 heavy (non-hydrogen) atoms. The number of nitrogens with zero attached hydrogens (tertiary/aromatic N) is 3. The molecule has 0 amide bonds. The Morgan fingerprint density at radius 1 is 1.17 bits per heavy atom. The number of hydrogen-bond donors (Lipinski definition) is 1. The van der Waals surface area contributed by atoms with E-state index in [-0.39, 0.29) is 5.84 Å². The summed E-state index contributed by atoms with van der Waals surface area (Å²) in [5, 5.41) is 19.7. The summed E-state index contributed by atoms with van der Waals surface area (Å²) in [7, 11) is 2.80. The van der Waals surface area contributed by atoms with Gasteiger partial charge >= 0.3 is 0 Å². The largest absolute Gasteiger partial charge is 0.386 e. The molecule has 1 aliphatic carbocycles. The van der Waals surface area contributed by atoms with Gasteiger partial charge in [-0.2, -0.15) is 10.5 Å². The third-order valence-electron chi connectivity index (χ3n) is 4.93. The maximum atomic E-state index is 9.92. The van der Waals surface area contributed by atoms with Crippen LogP contribution in [0, 0.1) is 33.5 Å². The van der Waals surface area contributed by atoms with Crippen molar-refractivity contribution in [2.75, 3.05) is 20.5 Å². The van der Waals surface area contributed by atoms with Crippen molar-refractivity contribution in [2.24, 2.45) is 21.6 Å². The van der Waals surface area contributed by atoms with Crippen LogP contribution in [0.3, 0.4) is 0 Å². The highest BCUT2D eigenvalue weighted by Crippen LogP contribution is 2.81. The van der Waals surface area contributed by atoms with Crippen molar-refractivity contribution < 1.29 is 9.47 Å². The topological polar surface area (TPSA) is 104 Å². The first-order valence-electron chi connectivity index (χ1n) is 6.96. The molecule has 7 heteroatoms. The first-order chi connectivity index (χ1) is 11.0. The fourth-order valence-electron chi connectivity index (χ4n) is 3.82. The predicted octanol–water partition coefficient (Wildman–Crippen LogP) is 1.84. The summed E-state index contributed by atoms with van der Waals surface area (Å²) in [6.45, 7) is 0. The van der Waals surface area contributed by atoms with Gasteiger partial charge < -0.3 is 15.2 Å². The summed E-state index contributed by atoms with van der Waals surface area (Å²) in [4.78, 5) is 5.28. The molecule has 3 atom stereocenters. The zero-order valence-electron chi connectivity index (χ0n) is 13.0. The van der Waals surface area contributed by atoms with Gasteiger partial charge in [-0.15, -0.1) is 11.8 Å². The number of methoxy groups -OCH3 is 2. The third kappa shape index (κ3) is 1.52. The van der Waals surface area contributed by atoms with Crippen LogP contribution in [0.25, 0.3) is 0 Å². The van der Waals surface area contributed by atoms with E-state index in [4.69, 9.17) is 15.2 Å². The Morgan fingerprint density at radius 3 is 2.22 bits per heavy atom. The number of nitrogens with two attached hydrogens (primary N) is 1. The lowest BCUT2D eigenvalue weighted by Gasteiger charge is -2.29. The van der Waals surface area contributed by atoms with Crippen molar-refractivity contribution >= 4 is 17.6 Å². The molecule has 0 bridgehead atoms. The van der Waals surface area contributed by atoms with Gasteiger partial charge in [0.05, 0.1) is 12.1 Å². The Hall–Kier alpha value is -2.06. The minimum atomic E-state index is -1.57. The number of thioether (sulfide) groups is 1. The number of amidine groups is 1. The molecule has 1 heterocycles. The van der Waals surface area contributed by atoms with Gasteiger partial charge in [0, 0.05) is 25.0 Å². The molecule has 0 spiro atoms. The van der Waals surface area contributed by atoms with Crippen LogP contribution in [-0.2, 0) is 9.47 Å². The molecule has 2 aliphatic rings. The molecule has 0 aromatic heterocycles. The average Bonchev–Trinajstić information content (AvgIpc) is 3.17. The van der Waals surface area contributed by atoms with Crippen molar-refractivity contribution in [2.45, 2.75) is 16.7 Å². The number of fused-ring (bicyclic) bond motifs is 1. The van der Waals surface area contributed by atoms with Crippen molar-refractivity contribution in [1.29, 1.82) is 10.5 Å². The van der Waals surface area contributed by atoms with E-state index in [2.05, 4.69) is 17.1 Å². The van der Waals surface area contributed by atoms with Crippen LogP contribution >= 0.6 is 11.8 Å². The fourth-order valence-corrected chi connectivity index (χ4v) is 4.23. The zero-order valence-corrected chi connectivity index (χ0v) is 13.8. The van der Waals surface area contributed by atoms with Crippen molar-refractivity contribution in [3.63, 3.8) is 0 Å². The number of rotatable bonds is 4. The molecular formula is C16H16N4O2S. The second-order valence-electron chi connectivity index (χ2n) is 5.53. The van der Waals surface area contributed by atoms with Gasteiger partial charge in [-0.1, -0.05) is 12.1 Å². The fraction of sp³-hybridized carbons (Fsp3) is 0.438. The van der Waals surface area contributed by atoms with E-state index in [1.807, 2.05) is 30.5 Å². The Morgan fingerprint density at radius 2 is 1.78 bits per heavy atom. The van der Waals surface area contributed by atoms with E-state index in [1.165, 1.54) is 14.2 Å². The zero-order chi connectivity index (χ0) is 16.9. The lowest BCUT2D eigenvalue weighted by molar-refractivity contribution is -0.230. The molecule has 3 unspecified atom stereocenters. The van der Waals surface area contributed by atoms with Gasteiger partial charge in [0.1, 0.15) is 11.3 Å². The summed E-state index contributed by atoms with van der Waals surface area (Å²) >= 11 is 1.62. The lowest BCUT2D eigenvalue weighted by Crippen LogP contribution is -2.41. The minimum absolute atomic E-state index is 0.0872. The summed E-state index contributed by atoms with van der Waals surface area (Å²) in [5.74, 6) is -1.92. The SMILES string of the molecule is COC1(OC)N=C(N)C2(C#N)C(c3ccc(SC)cc3)C12C#N. The number of nitriles is 2. The second-order valence-corrected chi connectivity index (χ2v) is 6.41. The molecular weight excluding hydrogens is 312 g/mol. The molecule has 1 aromatic carbocycles. The Balaban J connectivity index is 2.18. The van der Waals surface area contributed by atoms with Gasteiger partial charge in [-0.3, -0.25) is 0 Å². The van der Waals surface area contributed by atoms with E-state index in [0.717, 1.165) is 10.5 Å². The Bertz CT molecular complexity index is 760. The Labute approximate surface area is 138 Å². The van der Waals surface area contributed by atoms with Gasteiger partial charge in [0.2, 0.25) is 0 Å². The molecule has 0 radical (unpaired) electrons. The van der Waals surface area contributed by atoms with E-state index in [0.29, 0.717) is 0 Å². The molecule has 3 rings (SSSR count). The van der Waals surface area contributed by atoms with Crippen LogP contribution in [-0.4, -0.2) is 32.2 Å². The van der Waals surface area contributed by atoms with Crippen molar-refractivity contribution in [3.05, 3.63) is 29.8 Å². The van der Waals surface area contributed by atoms with Crippen LogP contribution in [0.1, 0.15) is 11.5 Å². The minimum Gasteiger partial charge on any atom is -0.386 e. The van der Waals surface area contributed by atoms with Crippen LogP contribution in [0.4, 0.5) is 0 Å². The lowest BCUT2D eigenvalue weighted by atomic mass is 9.93. The van der Waals surface area contributed by atoms with Crippen LogP contribution in [0.2, 0.25) is 0 Å². The molecule has 118 valence electrons. The number of hydrogen-bond acceptors (Lipinski definition) is 7. The highest BCUT2D eigenvalue weighted by atomic mass is 32.2.